The molecule has 0 bridgehead atoms. The Morgan fingerprint density at radius 1 is 0.935 bits per heavy atom. The zero-order valence-corrected chi connectivity index (χ0v) is 18.3. The fraction of sp³-hybridized carbons (Fsp3) is 0.160. The van der Waals surface area contributed by atoms with Crippen LogP contribution in [0.4, 0.5) is 5.69 Å². The zero-order valence-electron chi connectivity index (χ0n) is 17.5. The summed E-state index contributed by atoms with van der Waals surface area (Å²) in [6, 6.07) is 25.4. The van der Waals surface area contributed by atoms with Crippen molar-refractivity contribution in [3.05, 3.63) is 90.0 Å². The quantitative estimate of drug-likeness (QED) is 0.476. The van der Waals surface area contributed by atoms with E-state index in [1.54, 1.807) is 18.2 Å². The van der Waals surface area contributed by atoms with Crippen LogP contribution in [0.1, 0.15) is 11.1 Å². The van der Waals surface area contributed by atoms with E-state index in [4.69, 9.17) is 0 Å². The molecule has 0 aliphatic rings. The molecule has 0 aliphatic carbocycles. The van der Waals surface area contributed by atoms with Crippen molar-refractivity contribution < 1.29 is 13.2 Å². The molecule has 4 aromatic rings. The molecule has 0 radical (unpaired) electrons. The van der Waals surface area contributed by atoms with Gasteiger partial charge < -0.3 is 9.88 Å². The molecule has 158 valence electrons. The van der Waals surface area contributed by atoms with E-state index in [0.717, 1.165) is 27.7 Å². The van der Waals surface area contributed by atoms with Gasteiger partial charge in [-0.15, -0.1) is 0 Å². The zero-order chi connectivity index (χ0) is 22.0. The van der Waals surface area contributed by atoms with Crippen LogP contribution >= 0.6 is 0 Å². The van der Waals surface area contributed by atoms with Crippen LogP contribution in [0.5, 0.6) is 0 Å². The lowest BCUT2D eigenvalue weighted by molar-refractivity contribution is -0.116. The summed E-state index contributed by atoms with van der Waals surface area (Å²) < 4.78 is 25.4. The molecule has 3 aromatic carbocycles. The SMILES string of the molecule is Cc1c(CS(C)(=O)=O)cccc1NC(=O)Cn1c(-c2ccccc2)cc2ccccc21. The van der Waals surface area contributed by atoms with Crippen LogP contribution in [0.25, 0.3) is 22.2 Å². The van der Waals surface area contributed by atoms with Gasteiger partial charge in [0.2, 0.25) is 5.91 Å². The summed E-state index contributed by atoms with van der Waals surface area (Å²) in [5, 5.41) is 4.03. The minimum absolute atomic E-state index is 0.0526. The maximum Gasteiger partial charge on any atom is 0.244 e. The van der Waals surface area contributed by atoms with Gasteiger partial charge in [0.05, 0.1) is 5.75 Å². The van der Waals surface area contributed by atoms with Gasteiger partial charge in [0.15, 0.2) is 9.84 Å². The summed E-state index contributed by atoms with van der Waals surface area (Å²) in [6.45, 7) is 1.98. The summed E-state index contributed by atoms with van der Waals surface area (Å²) in [5.41, 5.74) is 5.08. The lowest BCUT2D eigenvalue weighted by Crippen LogP contribution is -2.20. The van der Waals surface area contributed by atoms with Crippen molar-refractivity contribution >= 4 is 32.3 Å². The number of fused-ring (bicyclic) bond motifs is 1. The molecular weight excluding hydrogens is 408 g/mol. The molecule has 0 spiro atoms. The summed E-state index contributed by atoms with van der Waals surface area (Å²) >= 11 is 0. The number of anilines is 1. The maximum absolute atomic E-state index is 13.0. The largest absolute Gasteiger partial charge is 0.331 e. The Hall–Kier alpha value is -3.38. The van der Waals surface area contributed by atoms with E-state index in [0.29, 0.717) is 11.3 Å². The van der Waals surface area contributed by atoms with E-state index in [1.165, 1.54) is 6.26 Å². The van der Waals surface area contributed by atoms with Gasteiger partial charge in [0, 0.05) is 28.5 Å². The van der Waals surface area contributed by atoms with Gasteiger partial charge in [-0.3, -0.25) is 4.79 Å². The first-order valence-electron chi connectivity index (χ1n) is 10.0. The molecule has 1 heterocycles. The van der Waals surface area contributed by atoms with E-state index < -0.39 is 9.84 Å². The third-order valence-electron chi connectivity index (χ3n) is 5.32. The Morgan fingerprint density at radius 2 is 1.65 bits per heavy atom. The number of benzene rings is 3. The van der Waals surface area contributed by atoms with Crippen molar-refractivity contribution in [2.75, 3.05) is 11.6 Å². The number of carbonyl (C=O) groups is 1. The van der Waals surface area contributed by atoms with E-state index in [1.807, 2.05) is 66.1 Å². The highest BCUT2D eigenvalue weighted by molar-refractivity contribution is 7.89. The predicted molar refractivity (Wildman–Crippen MR) is 126 cm³/mol. The number of hydrogen-bond donors (Lipinski definition) is 1. The van der Waals surface area contributed by atoms with Crippen molar-refractivity contribution in [3.63, 3.8) is 0 Å². The second kappa shape index (κ2) is 8.40. The molecule has 1 amide bonds. The lowest BCUT2D eigenvalue weighted by Gasteiger charge is -2.14. The Morgan fingerprint density at radius 3 is 2.39 bits per heavy atom. The first-order chi connectivity index (χ1) is 14.8. The van der Waals surface area contributed by atoms with Crippen molar-refractivity contribution in [3.8, 4) is 11.3 Å². The van der Waals surface area contributed by atoms with Gasteiger partial charge in [-0.25, -0.2) is 8.42 Å². The molecule has 31 heavy (non-hydrogen) atoms. The number of carbonyl (C=O) groups excluding carboxylic acids is 1. The fourth-order valence-electron chi connectivity index (χ4n) is 3.82. The Bertz CT molecular complexity index is 1360. The molecule has 5 nitrogen and oxygen atoms in total. The van der Waals surface area contributed by atoms with E-state index >= 15 is 0 Å². The normalized spacial score (nSPS) is 11.5. The highest BCUT2D eigenvalue weighted by Crippen LogP contribution is 2.28. The average molecular weight is 433 g/mol. The Balaban J connectivity index is 1.65. The fourth-order valence-corrected chi connectivity index (χ4v) is 4.70. The second-order valence-electron chi connectivity index (χ2n) is 7.75. The maximum atomic E-state index is 13.0. The van der Waals surface area contributed by atoms with Gasteiger partial charge in [-0.1, -0.05) is 60.7 Å². The molecule has 0 fully saturated rings. The van der Waals surface area contributed by atoms with E-state index in [9.17, 15) is 13.2 Å². The molecule has 0 aliphatic heterocycles. The minimum atomic E-state index is -3.16. The number of amides is 1. The first kappa shape index (κ1) is 20.9. The number of hydrogen-bond acceptors (Lipinski definition) is 3. The van der Waals surface area contributed by atoms with Crippen LogP contribution < -0.4 is 5.32 Å². The smallest absolute Gasteiger partial charge is 0.244 e. The van der Waals surface area contributed by atoms with Crippen molar-refractivity contribution in [1.82, 2.24) is 4.57 Å². The number of rotatable bonds is 6. The van der Waals surface area contributed by atoms with Crippen LogP contribution in [0.15, 0.2) is 78.9 Å². The van der Waals surface area contributed by atoms with E-state index in [2.05, 4.69) is 11.4 Å². The third kappa shape index (κ3) is 4.70. The number of nitrogens with zero attached hydrogens (tertiary/aromatic N) is 1. The van der Waals surface area contributed by atoms with Crippen LogP contribution in [0.3, 0.4) is 0 Å². The second-order valence-corrected chi connectivity index (χ2v) is 9.89. The predicted octanol–water partition coefficient (Wildman–Crippen LogP) is 4.80. The summed E-state index contributed by atoms with van der Waals surface area (Å²) in [7, 11) is -3.16. The van der Waals surface area contributed by atoms with Crippen molar-refractivity contribution in [1.29, 1.82) is 0 Å². The van der Waals surface area contributed by atoms with Crippen molar-refractivity contribution in [2.45, 2.75) is 19.2 Å². The molecule has 1 aromatic heterocycles. The molecule has 6 heteroatoms. The Kier molecular flexibility index (Phi) is 5.65. The highest BCUT2D eigenvalue weighted by atomic mass is 32.2. The van der Waals surface area contributed by atoms with Crippen molar-refractivity contribution in [2.24, 2.45) is 0 Å². The van der Waals surface area contributed by atoms with Gasteiger partial charge in [-0.2, -0.15) is 0 Å². The van der Waals surface area contributed by atoms with Crippen LogP contribution in [0.2, 0.25) is 0 Å². The molecule has 0 atom stereocenters. The number of sulfone groups is 1. The first-order valence-corrected chi connectivity index (χ1v) is 12.1. The average Bonchev–Trinajstić information content (AvgIpc) is 3.09. The van der Waals surface area contributed by atoms with Crippen LogP contribution in [0, 0.1) is 6.92 Å². The molecule has 0 saturated heterocycles. The highest BCUT2D eigenvalue weighted by Gasteiger charge is 2.15. The molecule has 1 N–H and O–H groups in total. The standard InChI is InChI=1S/C25H24N2O3S/c1-18-21(17-31(2,29)30)12-8-13-22(18)26-25(28)16-27-23-14-7-6-11-20(23)15-24(27)19-9-4-3-5-10-19/h3-15H,16-17H2,1-2H3,(H,26,28). The van der Waals surface area contributed by atoms with Gasteiger partial charge in [0.1, 0.15) is 6.54 Å². The summed E-state index contributed by atoms with van der Waals surface area (Å²) in [6.07, 6.45) is 1.21. The molecular formula is C25H24N2O3S. The molecule has 0 saturated carbocycles. The number of aromatic nitrogens is 1. The third-order valence-corrected chi connectivity index (χ3v) is 6.15. The molecule has 0 unspecified atom stereocenters. The minimum Gasteiger partial charge on any atom is -0.331 e. The molecule has 4 rings (SSSR count). The summed E-state index contributed by atoms with van der Waals surface area (Å²) in [4.78, 5) is 13.0. The summed E-state index contributed by atoms with van der Waals surface area (Å²) in [5.74, 6) is -0.221. The monoisotopic (exact) mass is 432 g/mol. The number of nitrogens with one attached hydrogen (secondary N) is 1. The van der Waals surface area contributed by atoms with Gasteiger partial charge in [-0.05, 0) is 41.8 Å². The Labute approximate surface area is 182 Å². The van der Waals surface area contributed by atoms with E-state index in [-0.39, 0.29) is 18.2 Å². The van der Waals surface area contributed by atoms with Gasteiger partial charge in [0.25, 0.3) is 0 Å². The lowest BCUT2D eigenvalue weighted by atomic mass is 10.1. The van der Waals surface area contributed by atoms with Crippen LogP contribution in [-0.4, -0.2) is 25.1 Å². The number of para-hydroxylation sites is 1. The van der Waals surface area contributed by atoms with Gasteiger partial charge >= 0.3 is 0 Å². The van der Waals surface area contributed by atoms with Crippen LogP contribution in [-0.2, 0) is 26.9 Å². The topological polar surface area (TPSA) is 68.2 Å².